The van der Waals surface area contributed by atoms with Gasteiger partial charge in [-0.25, -0.2) is 9.78 Å². The van der Waals surface area contributed by atoms with Gasteiger partial charge in [0.2, 0.25) is 0 Å². The van der Waals surface area contributed by atoms with Crippen molar-refractivity contribution in [2.24, 2.45) is 0 Å². The van der Waals surface area contributed by atoms with Gasteiger partial charge in [0, 0.05) is 11.1 Å². The number of aromatic nitrogens is 3. The monoisotopic (exact) mass is 449 g/mol. The van der Waals surface area contributed by atoms with Crippen LogP contribution in [0, 0.1) is 0 Å². The summed E-state index contributed by atoms with van der Waals surface area (Å²) < 4.78 is 25.4. The zero-order valence-corrected chi connectivity index (χ0v) is 18.9. The molecule has 0 saturated heterocycles. The minimum Gasteiger partial charge on any atom is -0.494 e. The molecule has 0 N–H and O–H groups in total. The molecule has 0 atom stereocenters. The van der Waals surface area contributed by atoms with Crippen molar-refractivity contribution in [1.29, 1.82) is 0 Å². The molecule has 7 nitrogen and oxygen atoms in total. The first-order chi connectivity index (χ1) is 15.7. The third-order valence-electron chi connectivity index (χ3n) is 4.77. The highest BCUT2D eigenvalue weighted by Gasteiger charge is 2.25. The van der Waals surface area contributed by atoms with Gasteiger partial charge in [-0.2, -0.15) is 8.75 Å². The van der Waals surface area contributed by atoms with Crippen molar-refractivity contribution in [3.05, 3.63) is 54.2 Å². The van der Waals surface area contributed by atoms with E-state index >= 15 is 0 Å². The van der Waals surface area contributed by atoms with Crippen molar-refractivity contribution in [1.82, 2.24) is 13.7 Å². The summed E-state index contributed by atoms with van der Waals surface area (Å²) in [6, 6.07) is 15.0. The van der Waals surface area contributed by atoms with Crippen LogP contribution in [0.15, 0.2) is 48.5 Å². The molecule has 0 fully saturated rings. The van der Waals surface area contributed by atoms with Gasteiger partial charge in [0.15, 0.2) is 5.69 Å². The standard InChI is InChI=1S/C24H23N3O4S/c1-4-29-17-11-7-15(8-12-17)19-21-23(27-32-26-21)20(25-22(19)24(28)31-6-3)16-9-13-18(14-10-16)30-5-2/h7-14H,4-6H2,1-3H3. The normalized spacial score (nSPS) is 10.8. The topological polar surface area (TPSA) is 83.4 Å². The first kappa shape index (κ1) is 21.7. The maximum absolute atomic E-state index is 12.9. The Balaban J connectivity index is 1.90. The number of rotatable bonds is 8. The number of fused-ring (bicyclic) bond motifs is 1. The summed E-state index contributed by atoms with van der Waals surface area (Å²) in [5.74, 6) is 1.01. The Labute approximate surface area is 190 Å². The first-order valence-corrected chi connectivity index (χ1v) is 11.2. The molecule has 32 heavy (non-hydrogen) atoms. The lowest BCUT2D eigenvalue weighted by atomic mass is 9.99. The van der Waals surface area contributed by atoms with Gasteiger partial charge >= 0.3 is 5.97 Å². The Morgan fingerprint density at radius 3 is 1.91 bits per heavy atom. The molecule has 4 rings (SSSR count). The van der Waals surface area contributed by atoms with E-state index in [1.807, 2.05) is 62.4 Å². The fraction of sp³-hybridized carbons (Fsp3) is 0.250. The number of nitrogens with zero attached hydrogens (tertiary/aromatic N) is 3. The van der Waals surface area contributed by atoms with Crippen LogP contribution in [0.2, 0.25) is 0 Å². The second-order valence-electron chi connectivity index (χ2n) is 6.78. The second-order valence-corrected chi connectivity index (χ2v) is 7.31. The number of hydrogen-bond donors (Lipinski definition) is 0. The first-order valence-electron chi connectivity index (χ1n) is 10.5. The summed E-state index contributed by atoms with van der Waals surface area (Å²) in [7, 11) is 0. The van der Waals surface area contributed by atoms with Crippen LogP contribution in [0.25, 0.3) is 33.4 Å². The van der Waals surface area contributed by atoms with E-state index in [4.69, 9.17) is 19.2 Å². The number of pyridine rings is 1. The number of hydrogen-bond acceptors (Lipinski definition) is 8. The van der Waals surface area contributed by atoms with E-state index in [-0.39, 0.29) is 12.3 Å². The highest BCUT2D eigenvalue weighted by molar-refractivity contribution is 7.00. The maximum Gasteiger partial charge on any atom is 0.357 e. The molecule has 0 aliphatic rings. The van der Waals surface area contributed by atoms with Crippen molar-refractivity contribution >= 4 is 28.7 Å². The molecule has 0 bridgehead atoms. The Morgan fingerprint density at radius 1 is 0.781 bits per heavy atom. The summed E-state index contributed by atoms with van der Waals surface area (Å²) in [5.41, 5.74) is 4.24. The molecular formula is C24H23N3O4S. The zero-order chi connectivity index (χ0) is 22.5. The van der Waals surface area contributed by atoms with Gasteiger partial charge in [0.25, 0.3) is 0 Å². The smallest absolute Gasteiger partial charge is 0.357 e. The fourth-order valence-electron chi connectivity index (χ4n) is 3.42. The molecule has 0 amide bonds. The van der Waals surface area contributed by atoms with Gasteiger partial charge in [-0.15, -0.1) is 0 Å². The summed E-state index contributed by atoms with van der Waals surface area (Å²) in [4.78, 5) is 17.7. The molecule has 0 aliphatic heterocycles. The Morgan fingerprint density at radius 2 is 1.34 bits per heavy atom. The van der Waals surface area contributed by atoms with Crippen LogP contribution in [-0.4, -0.2) is 39.5 Å². The van der Waals surface area contributed by atoms with Crippen LogP contribution in [0.3, 0.4) is 0 Å². The lowest BCUT2D eigenvalue weighted by Gasteiger charge is -2.13. The largest absolute Gasteiger partial charge is 0.494 e. The Hall–Kier alpha value is -3.52. The molecule has 4 aromatic rings. The summed E-state index contributed by atoms with van der Waals surface area (Å²) in [6.07, 6.45) is 0. The minimum absolute atomic E-state index is 0.208. The van der Waals surface area contributed by atoms with Crippen LogP contribution < -0.4 is 9.47 Å². The molecule has 2 aromatic heterocycles. The van der Waals surface area contributed by atoms with Crippen molar-refractivity contribution in [3.63, 3.8) is 0 Å². The Kier molecular flexibility index (Phi) is 6.61. The molecule has 0 spiro atoms. The quantitative estimate of drug-likeness (QED) is 0.333. The molecule has 2 aromatic carbocycles. The van der Waals surface area contributed by atoms with E-state index < -0.39 is 5.97 Å². The number of carbonyl (C=O) groups is 1. The van der Waals surface area contributed by atoms with Crippen LogP contribution in [0.1, 0.15) is 31.3 Å². The predicted octanol–water partition coefficient (Wildman–Crippen LogP) is 5.39. The lowest BCUT2D eigenvalue weighted by Crippen LogP contribution is -2.10. The van der Waals surface area contributed by atoms with Gasteiger partial charge in [-0.3, -0.25) is 0 Å². The highest BCUT2D eigenvalue weighted by Crippen LogP contribution is 2.36. The third-order valence-corrected chi connectivity index (χ3v) is 5.30. The van der Waals surface area contributed by atoms with E-state index in [9.17, 15) is 4.79 Å². The second kappa shape index (κ2) is 9.74. The Bertz CT molecular complexity index is 1220. The minimum atomic E-state index is -0.501. The third kappa shape index (κ3) is 4.27. The predicted molar refractivity (Wildman–Crippen MR) is 124 cm³/mol. The summed E-state index contributed by atoms with van der Waals surface area (Å²) in [5, 5.41) is 0. The van der Waals surface area contributed by atoms with E-state index in [0.29, 0.717) is 35.5 Å². The molecule has 2 heterocycles. The van der Waals surface area contributed by atoms with Crippen LogP contribution >= 0.6 is 11.7 Å². The van der Waals surface area contributed by atoms with Gasteiger partial charge in [0.1, 0.15) is 28.2 Å². The van der Waals surface area contributed by atoms with Crippen molar-refractivity contribution in [3.8, 4) is 33.9 Å². The van der Waals surface area contributed by atoms with E-state index in [2.05, 4.69) is 8.75 Å². The van der Waals surface area contributed by atoms with Crippen molar-refractivity contribution in [2.75, 3.05) is 19.8 Å². The van der Waals surface area contributed by atoms with Crippen molar-refractivity contribution < 1.29 is 19.0 Å². The van der Waals surface area contributed by atoms with E-state index in [1.54, 1.807) is 6.92 Å². The number of ether oxygens (including phenoxy) is 3. The van der Waals surface area contributed by atoms with Crippen LogP contribution in [-0.2, 0) is 4.74 Å². The summed E-state index contributed by atoms with van der Waals surface area (Å²) >= 11 is 1.09. The number of esters is 1. The average Bonchev–Trinajstić information content (AvgIpc) is 3.30. The average molecular weight is 450 g/mol. The number of carbonyl (C=O) groups excluding carboxylic acids is 1. The lowest BCUT2D eigenvalue weighted by molar-refractivity contribution is 0.0521. The van der Waals surface area contributed by atoms with E-state index in [1.165, 1.54) is 0 Å². The maximum atomic E-state index is 12.9. The molecule has 0 unspecified atom stereocenters. The van der Waals surface area contributed by atoms with Gasteiger partial charge < -0.3 is 14.2 Å². The highest BCUT2D eigenvalue weighted by atomic mass is 32.1. The van der Waals surface area contributed by atoms with Gasteiger partial charge in [0.05, 0.1) is 31.5 Å². The molecular weight excluding hydrogens is 426 g/mol. The molecule has 8 heteroatoms. The van der Waals surface area contributed by atoms with Gasteiger partial charge in [-0.05, 0) is 62.7 Å². The SMILES string of the molecule is CCOC(=O)c1nc(-c2ccc(OCC)cc2)c2nsnc2c1-c1ccc(OCC)cc1. The molecule has 0 radical (unpaired) electrons. The van der Waals surface area contributed by atoms with Gasteiger partial charge in [-0.1, -0.05) is 12.1 Å². The molecule has 164 valence electrons. The fourth-order valence-corrected chi connectivity index (χ4v) is 3.98. The number of benzene rings is 2. The molecule has 0 saturated carbocycles. The van der Waals surface area contributed by atoms with Crippen LogP contribution in [0.5, 0.6) is 11.5 Å². The van der Waals surface area contributed by atoms with Crippen LogP contribution in [0.4, 0.5) is 0 Å². The van der Waals surface area contributed by atoms with E-state index in [0.717, 1.165) is 34.4 Å². The zero-order valence-electron chi connectivity index (χ0n) is 18.1. The summed E-state index contributed by atoms with van der Waals surface area (Å²) in [6.45, 7) is 7.04. The van der Waals surface area contributed by atoms with Crippen molar-refractivity contribution in [2.45, 2.75) is 20.8 Å². The molecule has 0 aliphatic carbocycles.